The molecule has 2 aromatic rings. The monoisotopic (exact) mass is 342 g/mol. The Morgan fingerprint density at radius 2 is 2.28 bits per heavy atom. The van der Waals surface area contributed by atoms with E-state index >= 15 is 0 Å². The summed E-state index contributed by atoms with van der Waals surface area (Å²) in [5, 5.41) is 7.19. The van der Waals surface area contributed by atoms with E-state index in [-0.39, 0.29) is 5.91 Å². The number of anilines is 1. The van der Waals surface area contributed by atoms with E-state index in [9.17, 15) is 4.79 Å². The summed E-state index contributed by atoms with van der Waals surface area (Å²) in [6, 6.07) is 5.80. The van der Waals surface area contributed by atoms with Gasteiger partial charge in [-0.2, -0.15) is 4.98 Å². The highest BCUT2D eigenvalue weighted by Gasteiger charge is 2.22. The normalized spacial score (nSPS) is 17.6. The zero-order valence-electron chi connectivity index (χ0n) is 15.2. The molecule has 0 unspecified atom stereocenters. The van der Waals surface area contributed by atoms with Gasteiger partial charge in [0.25, 0.3) is 5.91 Å². The molecule has 1 atom stereocenters. The van der Waals surface area contributed by atoms with E-state index in [1.165, 1.54) is 6.42 Å². The molecular weight excluding hydrogens is 316 g/mol. The fourth-order valence-corrected chi connectivity index (χ4v) is 3.23. The van der Waals surface area contributed by atoms with E-state index in [4.69, 9.17) is 4.52 Å². The fourth-order valence-electron chi connectivity index (χ4n) is 3.23. The molecule has 1 fully saturated rings. The van der Waals surface area contributed by atoms with E-state index in [0.717, 1.165) is 42.7 Å². The summed E-state index contributed by atoms with van der Waals surface area (Å²) >= 11 is 0. The Hall–Kier alpha value is -2.37. The van der Waals surface area contributed by atoms with Crippen LogP contribution in [0, 0.1) is 12.8 Å². The zero-order chi connectivity index (χ0) is 17.8. The first-order valence-electron chi connectivity index (χ1n) is 9.02. The Balaban J connectivity index is 1.64. The highest BCUT2D eigenvalue weighted by atomic mass is 16.5. The molecule has 1 aromatic carbocycles. The van der Waals surface area contributed by atoms with Crippen LogP contribution in [0.1, 0.15) is 54.3 Å². The minimum atomic E-state index is 0.130. The van der Waals surface area contributed by atoms with Gasteiger partial charge < -0.3 is 14.7 Å². The van der Waals surface area contributed by atoms with Crippen LogP contribution in [0.4, 0.5) is 5.69 Å². The topological polar surface area (TPSA) is 71.3 Å². The lowest BCUT2D eigenvalue weighted by Gasteiger charge is -2.31. The molecule has 134 valence electrons. The van der Waals surface area contributed by atoms with Crippen LogP contribution in [0.2, 0.25) is 0 Å². The van der Waals surface area contributed by atoms with Crippen molar-refractivity contribution in [3.05, 3.63) is 41.0 Å². The first-order valence-corrected chi connectivity index (χ1v) is 9.02. The summed E-state index contributed by atoms with van der Waals surface area (Å²) in [7, 11) is 0. The number of rotatable bonds is 5. The van der Waals surface area contributed by atoms with Crippen molar-refractivity contribution >= 4 is 11.6 Å². The first-order chi connectivity index (χ1) is 12.1. The second-order valence-electron chi connectivity index (χ2n) is 6.84. The molecule has 1 saturated heterocycles. The van der Waals surface area contributed by atoms with Gasteiger partial charge in [-0.25, -0.2) is 0 Å². The summed E-state index contributed by atoms with van der Waals surface area (Å²) in [5.74, 6) is 2.00. The van der Waals surface area contributed by atoms with Crippen LogP contribution >= 0.6 is 0 Å². The van der Waals surface area contributed by atoms with Crippen molar-refractivity contribution in [1.29, 1.82) is 0 Å². The molecular formula is C19H26N4O2. The van der Waals surface area contributed by atoms with Crippen LogP contribution in [-0.4, -0.2) is 34.0 Å². The third-order valence-electron chi connectivity index (χ3n) is 4.67. The Kier molecular flexibility index (Phi) is 5.36. The molecule has 6 nitrogen and oxygen atoms in total. The van der Waals surface area contributed by atoms with Crippen molar-refractivity contribution in [2.45, 2.75) is 46.6 Å². The van der Waals surface area contributed by atoms with E-state index < -0.39 is 0 Å². The second-order valence-corrected chi connectivity index (χ2v) is 6.84. The zero-order valence-corrected chi connectivity index (χ0v) is 15.2. The van der Waals surface area contributed by atoms with Crippen molar-refractivity contribution < 1.29 is 9.32 Å². The lowest BCUT2D eigenvalue weighted by Crippen LogP contribution is -2.39. The highest BCUT2D eigenvalue weighted by Crippen LogP contribution is 2.21. The molecule has 2 heterocycles. The van der Waals surface area contributed by atoms with Gasteiger partial charge in [-0.3, -0.25) is 4.79 Å². The van der Waals surface area contributed by atoms with Crippen LogP contribution < -0.4 is 5.32 Å². The lowest BCUT2D eigenvalue weighted by molar-refractivity contribution is 0.0683. The van der Waals surface area contributed by atoms with Gasteiger partial charge in [-0.1, -0.05) is 19.0 Å². The van der Waals surface area contributed by atoms with E-state index in [1.807, 2.05) is 36.9 Å². The molecule has 1 N–H and O–H groups in total. The maximum Gasteiger partial charge on any atom is 0.253 e. The molecule has 1 amide bonds. The van der Waals surface area contributed by atoms with Crippen LogP contribution in [0.5, 0.6) is 0 Å². The molecule has 1 aliphatic rings. The fraction of sp³-hybridized carbons (Fsp3) is 0.526. The second kappa shape index (κ2) is 7.68. The molecule has 0 bridgehead atoms. The number of piperidine rings is 1. The SMILES string of the molecule is CCc1noc(CNc2ccc(C(=O)N3CCC[C@H](C)C3)cc2C)n1. The number of amides is 1. The van der Waals surface area contributed by atoms with Gasteiger partial charge in [-0.15, -0.1) is 0 Å². The minimum absolute atomic E-state index is 0.130. The molecule has 0 spiro atoms. The van der Waals surface area contributed by atoms with Gasteiger partial charge in [0.1, 0.15) is 0 Å². The highest BCUT2D eigenvalue weighted by molar-refractivity contribution is 5.95. The van der Waals surface area contributed by atoms with E-state index in [2.05, 4.69) is 22.4 Å². The number of hydrogen-bond donors (Lipinski definition) is 1. The van der Waals surface area contributed by atoms with Crippen LogP contribution in [-0.2, 0) is 13.0 Å². The van der Waals surface area contributed by atoms with Gasteiger partial charge in [0.2, 0.25) is 5.89 Å². The van der Waals surface area contributed by atoms with Crippen LogP contribution in [0.15, 0.2) is 22.7 Å². The van der Waals surface area contributed by atoms with Gasteiger partial charge in [0.15, 0.2) is 5.82 Å². The predicted octanol–water partition coefficient (Wildman–Crippen LogP) is 3.42. The summed E-state index contributed by atoms with van der Waals surface area (Å²) in [5.41, 5.74) is 2.76. The molecule has 3 rings (SSSR count). The first kappa shape index (κ1) is 17.5. The van der Waals surface area contributed by atoms with Crippen molar-refractivity contribution in [2.24, 2.45) is 5.92 Å². The van der Waals surface area contributed by atoms with E-state index in [0.29, 0.717) is 24.2 Å². The largest absolute Gasteiger partial charge is 0.376 e. The molecule has 25 heavy (non-hydrogen) atoms. The third kappa shape index (κ3) is 4.18. The van der Waals surface area contributed by atoms with Crippen LogP contribution in [0.25, 0.3) is 0 Å². The molecule has 6 heteroatoms. The summed E-state index contributed by atoms with van der Waals surface area (Å²) in [6.45, 7) is 8.40. The molecule has 1 aliphatic heterocycles. The third-order valence-corrected chi connectivity index (χ3v) is 4.67. The smallest absolute Gasteiger partial charge is 0.253 e. The number of aryl methyl sites for hydroxylation is 2. The maximum absolute atomic E-state index is 12.7. The number of likely N-dealkylation sites (tertiary alicyclic amines) is 1. The van der Waals surface area contributed by atoms with Crippen molar-refractivity contribution in [2.75, 3.05) is 18.4 Å². The number of hydrogen-bond acceptors (Lipinski definition) is 5. The lowest BCUT2D eigenvalue weighted by atomic mass is 9.99. The summed E-state index contributed by atoms with van der Waals surface area (Å²) in [6.07, 6.45) is 3.06. The summed E-state index contributed by atoms with van der Waals surface area (Å²) < 4.78 is 5.18. The number of nitrogens with zero attached hydrogens (tertiary/aromatic N) is 3. The Morgan fingerprint density at radius 3 is 2.96 bits per heavy atom. The van der Waals surface area contributed by atoms with Crippen molar-refractivity contribution in [1.82, 2.24) is 15.0 Å². The Morgan fingerprint density at radius 1 is 1.44 bits per heavy atom. The number of nitrogens with one attached hydrogen (secondary N) is 1. The number of carbonyl (C=O) groups excluding carboxylic acids is 1. The van der Waals surface area contributed by atoms with E-state index in [1.54, 1.807) is 0 Å². The van der Waals surface area contributed by atoms with Gasteiger partial charge in [-0.05, 0) is 49.4 Å². The van der Waals surface area contributed by atoms with Gasteiger partial charge in [0.05, 0.1) is 6.54 Å². The standard InChI is InChI=1S/C19H26N4O2/c1-4-17-21-18(25-22-17)11-20-16-8-7-15(10-14(16)3)19(24)23-9-5-6-13(2)12-23/h7-8,10,13,20H,4-6,9,11-12H2,1-3H3/t13-/m0/s1. The number of benzene rings is 1. The van der Waals surface area contributed by atoms with Crippen molar-refractivity contribution in [3.63, 3.8) is 0 Å². The summed E-state index contributed by atoms with van der Waals surface area (Å²) in [4.78, 5) is 19.0. The minimum Gasteiger partial charge on any atom is -0.376 e. The average Bonchev–Trinajstić information content (AvgIpc) is 3.08. The maximum atomic E-state index is 12.7. The van der Waals surface area contributed by atoms with Gasteiger partial charge >= 0.3 is 0 Å². The number of carbonyl (C=O) groups is 1. The Bertz CT molecular complexity index is 741. The molecule has 0 radical (unpaired) electrons. The van der Waals surface area contributed by atoms with Crippen molar-refractivity contribution in [3.8, 4) is 0 Å². The Labute approximate surface area is 148 Å². The van der Waals surface area contributed by atoms with Gasteiger partial charge in [0, 0.05) is 30.8 Å². The quantitative estimate of drug-likeness (QED) is 0.901. The number of aromatic nitrogens is 2. The molecule has 0 aliphatic carbocycles. The van der Waals surface area contributed by atoms with Crippen LogP contribution in [0.3, 0.4) is 0 Å². The average molecular weight is 342 g/mol. The molecule has 1 aromatic heterocycles. The predicted molar refractivity (Wildman–Crippen MR) is 96.5 cm³/mol. The molecule has 0 saturated carbocycles.